The number of amides is 1. The Morgan fingerprint density at radius 1 is 0.903 bits per heavy atom. The highest BCUT2D eigenvalue weighted by atomic mass is 19.2. The quantitative estimate of drug-likeness (QED) is 0.488. The molecule has 0 radical (unpaired) electrons. The number of para-hydroxylation sites is 1. The fourth-order valence-corrected chi connectivity index (χ4v) is 3.51. The van der Waals surface area contributed by atoms with Crippen LogP contribution in [-0.4, -0.2) is 19.0 Å². The van der Waals surface area contributed by atoms with Gasteiger partial charge in [0, 0.05) is 37.3 Å². The molecule has 2 atom stereocenters. The Hall–Kier alpha value is -3.12. The molecular formula is C25H25F3N2O. The van der Waals surface area contributed by atoms with E-state index >= 15 is 0 Å². The molecule has 0 aliphatic heterocycles. The van der Waals surface area contributed by atoms with E-state index in [9.17, 15) is 18.0 Å². The van der Waals surface area contributed by atoms with Crippen molar-refractivity contribution >= 4 is 11.6 Å². The Morgan fingerprint density at radius 2 is 1.48 bits per heavy atom. The Morgan fingerprint density at radius 3 is 2.13 bits per heavy atom. The third-order valence-electron chi connectivity index (χ3n) is 5.28. The first-order valence-corrected chi connectivity index (χ1v) is 10.1. The molecule has 1 amide bonds. The van der Waals surface area contributed by atoms with Crippen LogP contribution >= 0.6 is 0 Å². The normalized spacial score (nSPS) is 12.9. The van der Waals surface area contributed by atoms with Crippen LogP contribution in [-0.2, 0) is 11.2 Å². The largest absolute Gasteiger partial charge is 0.315 e. The zero-order chi connectivity index (χ0) is 22.4. The number of benzene rings is 3. The summed E-state index contributed by atoms with van der Waals surface area (Å²) >= 11 is 0. The first kappa shape index (κ1) is 22.6. The van der Waals surface area contributed by atoms with E-state index in [2.05, 4.69) is 5.32 Å². The number of hydrogen-bond acceptors (Lipinski definition) is 2. The third-order valence-corrected chi connectivity index (χ3v) is 5.28. The summed E-state index contributed by atoms with van der Waals surface area (Å²) in [5, 5.41) is 3.35. The van der Waals surface area contributed by atoms with E-state index in [1.165, 1.54) is 4.90 Å². The van der Waals surface area contributed by atoms with Gasteiger partial charge in [0.15, 0.2) is 11.6 Å². The van der Waals surface area contributed by atoms with E-state index in [0.717, 1.165) is 17.3 Å². The van der Waals surface area contributed by atoms with Crippen molar-refractivity contribution in [3.8, 4) is 0 Å². The van der Waals surface area contributed by atoms with Gasteiger partial charge in [-0.2, -0.15) is 0 Å². The lowest BCUT2D eigenvalue weighted by Gasteiger charge is -2.26. The molecule has 162 valence electrons. The lowest BCUT2D eigenvalue weighted by atomic mass is 9.99. The van der Waals surface area contributed by atoms with E-state index < -0.39 is 23.5 Å². The molecule has 1 N–H and O–H groups in total. The van der Waals surface area contributed by atoms with E-state index in [0.29, 0.717) is 6.07 Å². The molecule has 6 heteroatoms. The van der Waals surface area contributed by atoms with Crippen molar-refractivity contribution in [1.82, 2.24) is 5.32 Å². The zero-order valence-corrected chi connectivity index (χ0v) is 17.5. The second kappa shape index (κ2) is 10.3. The fraction of sp³-hybridized carbons (Fsp3) is 0.240. The van der Waals surface area contributed by atoms with Crippen LogP contribution in [0.15, 0.2) is 72.8 Å². The summed E-state index contributed by atoms with van der Waals surface area (Å²) in [6.07, 6.45) is 0.0928. The van der Waals surface area contributed by atoms with Crippen molar-refractivity contribution < 1.29 is 18.0 Å². The van der Waals surface area contributed by atoms with Crippen molar-refractivity contribution in [1.29, 1.82) is 0 Å². The van der Waals surface area contributed by atoms with Gasteiger partial charge in [0.05, 0.1) is 0 Å². The number of carbonyl (C=O) groups is 1. The number of rotatable bonds is 8. The minimum Gasteiger partial charge on any atom is -0.315 e. The molecule has 3 rings (SSSR count). The van der Waals surface area contributed by atoms with Crippen molar-refractivity contribution in [3.63, 3.8) is 0 Å². The molecule has 0 aliphatic rings. The third kappa shape index (κ3) is 5.95. The Labute approximate surface area is 180 Å². The van der Waals surface area contributed by atoms with Crippen LogP contribution in [0, 0.1) is 17.5 Å². The lowest BCUT2D eigenvalue weighted by Crippen LogP contribution is -2.39. The molecule has 0 bridgehead atoms. The summed E-state index contributed by atoms with van der Waals surface area (Å²) in [4.78, 5) is 14.5. The van der Waals surface area contributed by atoms with E-state index in [1.54, 1.807) is 7.05 Å². The second-order valence-corrected chi connectivity index (χ2v) is 7.55. The molecule has 0 saturated carbocycles. The summed E-state index contributed by atoms with van der Waals surface area (Å²) in [6.45, 7) is 1.94. The van der Waals surface area contributed by atoms with Gasteiger partial charge in [0.2, 0.25) is 5.91 Å². The van der Waals surface area contributed by atoms with Gasteiger partial charge < -0.3 is 10.2 Å². The Kier molecular flexibility index (Phi) is 7.47. The average molecular weight is 426 g/mol. The SMILES string of the molecule is C[C@@H](N[C@@H](CC(=O)N(C)c1ccccc1)Cc1cc(F)c(F)cc1F)c1ccccc1. The Bertz CT molecular complexity index is 1010. The number of carbonyl (C=O) groups excluding carboxylic acids is 1. The zero-order valence-electron chi connectivity index (χ0n) is 17.5. The number of hydrogen-bond donors (Lipinski definition) is 1. The molecule has 0 heterocycles. The molecule has 3 aromatic carbocycles. The van der Waals surface area contributed by atoms with Gasteiger partial charge in [-0.1, -0.05) is 48.5 Å². The Balaban J connectivity index is 1.81. The highest BCUT2D eigenvalue weighted by Crippen LogP contribution is 2.20. The predicted octanol–water partition coefficient (Wildman–Crippen LogP) is 5.42. The van der Waals surface area contributed by atoms with Crippen molar-refractivity contribution in [2.75, 3.05) is 11.9 Å². The highest BCUT2D eigenvalue weighted by molar-refractivity contribution is 5.93. The molecule has 31 heavy (non-hydrogen) atoms. The molecule has 0 aromatic heterocycles. The van der Waals surface area contributed by atoms with Gasteiger partial charge in [-0.15, -0.1) is 0 Å². The van der Waals surface area contributed by atoms with Gasteiger partial charge in [0.25, 0.3) is 0 Å². The summed E-state index contributed by atoms with van der Waals surface area (Å²) in [5.74, 6) is -3.35. The molecule has 3 nitrogen and oxygen atoms in total. The lowest BCUT2D eigenvalue weighted by molar-refractivity contribution is -0.118. The molecule has 0 saturated heterocycles. The summed E-state index contributed by atoms with van der Waals surface area (Å²) in [7, 11) is 1.67. The van der Waals surface area contributed by atoms with Crippen LogP contribution in [0.3, 0.4) is 0 Å². The predicted molar refractivity (Wildman–Crippen MR) is 116 cm³/mol. The van der Waals surface area contributed by atoms with Crippen LogP contribution < -0.4 is 10.2 Å². The van der Waals surface area contributed by atoms with Gasteiger partial charge in [-0.3, -0.25) is 4.79 Å². The summed E-state index contributed by atoms with van der Waals surface area (Å²) < 4.78 is 41.3. The summed E-state index contributed by atoms with van der Waals surface area (Å²) in [5.41, 5.74) is 1.76. The average Bonchev–Trinajstić information content (AvgIpc) is 2.78. The standard InChI is InChI=1S/C25H25F3N2O/c1-17(18-9-5-3-6-10-18)29-20(13-19-14-23(27)24(28)16-22(19)26)15-25(31)30(2)21-11-7-4-8-12-21/h3-12,14,16-17,20,29H,13,15H2,1-2H3/t17-,20-/m1/s1. The first-order valence-electron chi connectivity index (χ1n) is 10.1. The van der Waals surface area contributed by atoms with Gasteiger partial charge in [0.1, 0.15) is 5.82 Å². The first-order chi connectivity index (χ1) is 14.8. The molecular weight excluding hydrogens is 401 g/mol. The molecule has 0 fully saturated rings. The maximum absolute atomic E-state index is 14.3. The van der Waals surface area contributed by atoms with Crippen LogP contribution in [0.4, 0.5) is 18.9 Å². The smallest absolute Gasteiger partial charge is 0.228 e. The minimum atomic E-state index is -1.23. The number of halogens is 3. The van der Waals surface area contributed by atoms with E-state index in [1.807, 2.05) is 67.6 Å². The molecule has 0 unspecified atom stereocenters. The van der Waals surface area contributed by atoms with Gasteiger partial charge in [-0.25, -0.2) is 13.2 Å². The summed E-state index contributed by atoms with van der Waals surface area (Å²) in [6, 6.07) is 19.6. The van der Waals surface area contributed by atoms with Crippen molar-refractivity contribution in [2.45, 2.75) is 31.8 Å². The van der Waals surface area contributed by atoms with Gasteiger partial charge in [-0.05, 0) is 42.7 Å². The monoisotopic (exact) mass is 426 g/mol. The van der Waals surface area contributed by atoms with Crippen LogP contribution in [0.25, 0.3) is 0 Å². The highest BCUT2D eigenvalue weighted by Gasteiger charge is 2.22. The van der Waals surface area contributed by atoms with Crippen LogP contribution in [0.5, 0.6) is 0 Å². The minimum absolute atomic E-state index is 0.0202. The van der Waals surface area contributed by atoms with Gasteiger partial charge >= 0.3 is 0 Å². The maximum Gasteiger partial charge on any atom is 0.228 e. The number of anilines is 1. The van der Waals surface area contributed by atoms with Crippen LogP contribution in [0.1, 0.15) is 30.5 Å². The number of nitrogens with one attached hydrogen (secondary N) is 1. The van der Waals surface area contributed by atoms with Crippen molar-refractivity contribution in [3.05, 3.63) is 101 Å². The van der Waals surface area contributed by atoms with E-state index in [4.69, 9.17) is 0 Å². The fourth-order valence-electron chi connectivity index (χ4n) is 3.51. The van der Waals surface area contributed by atoms with Crippen molar-refractivity contribution in [2.24, 2.45) is 0 Å². The maximum atomic E-state index is 14.3. The number of nitrogens with zero attached hydrogens (tertiary/aromatic N) is 1. The van der Waals surface area contributed by atoms with E-state index in [-0.39, 0.29) is 30.4 Å². The molecule has 0 spiro atoms. The van der Waals surface area contributed by atoms with Crippen LogP contribution in [0.2, 0.25) is 0 Å². The molecule has 0 aliphatic carbocycles. The second-order valence-electron chi connectivity index (χ2n) is 7.55. The molecule has 3 aromatic rings. The topological polar surface area (TPSA) is 32.3 Å².